The summed E-state index contributed by atoms with van der Waals surface area (Å²) in [6.45, 7) is -2.92. The van der Waals surface area contributed by atoms with Crippen molar-refractivity contribution in [2.45, 2.75) is 6.61 Å². The summed E-state index contributed by atoms with van der Waals surface area (Å²) in [5.74, 6) is 0.118. The van der Waals surface area contributed by atoms with Gasteiger partial charge in [0.2, 0.25) is 0 Å². The Labute approximate surface area is 96.3 Å². The Hall–Kier alpha value is -1.63. The van der Waals surface area contributed by atoms with Crippen molar-refractivity contribution in [3.05, 3.63) is 18.2 Å². The molecule has 0 spiro atoms. The molecule has 0 aromatic heterocycles. The van der Waals surface area contributed by atoms with E-state index in [1.54, 1.807) is 6.07 Å². The fourth-order valence-corrected chi connectivity index (χ4v) is 1.20. The van der Waals surface area contributed by atoms with Gasteiger partial charge in [-0.3, -0.25) is 0 Å². The topological polar surface area (TPSA) is 56.5 Å². The third-order valence-electron chi connectivity index (χ3n) is 1.65. The number of nitrogens with two attached hydrogens (primary N) is 1. The molecule has 88 valence electrons. The molecule has 0 atom stereocenters. The van der Waals surface area contributed by atoms with Gasteiger partial charge in [-0.15, -0.1) is 0 Å². The highest BCUT2D eigenvalue weighted by molar-refractivity contribution is 7.80. The van der Waals surface area contributed by atoms with E-state index in [-0.39, 0.29) is 16.6 Å². The third-order valence-corrected chi connectivity index (χ3v) is 1.75. The predicted octanol–water partition coefficient (Wildman–Crippen LogP) is 1.95. The van der Waals surface area contributed by atoms with Crippen molar-refractivity contribution in [2.75, 3.05) is 12.4 Å². The van der Waals surface area contributed by atoms with E-state index in [1.807, 2.05) is 0 Å². The minimum atomic E-state index is -2.92. The van der Waals surface area contributed by atoms with Crippen LogP contribution in [0.3, 0.4) is 0 Å². The number of rotatable bonds is 4. The van der Waals surface area contributed by atoms with Crippen molar-refractivity contribution in [2.24, 2.45) is 5.73 Å². The fourth-order valence-electron chi connectivity index (χ4n) is 1.08. The van der Waals surface area contributed by atoms with Gasteiger partial charge in [0, 0.05) is 11.8 Å². The van der Waals surface area contributed by atoms with E-state index in [0.717, 1.165) is 0 Å². The maximum Gasteiger partial charge on any atom is 0.387 e. The molecule has 4 nitrogen and oxygen atoms in total. The molecule has 0 aliphatic rings. The quantitative estimate of drug-likeness (QED) is 0.798. The Morgan fingerprint density at radius 1 is 1.44 bits per heavy atom. The van der Waals surface area contributed by atoms with Crippen LogP contribution in [0.15, 0.2) is 18.2 Å². The number of methoxy groups -OCH3 is 1. The number of hydrogen-bond acceptors (Lipinski definition) is 3. The summed E-state index contributed by atoms with van der Waals surface area (Å²) in [5, 5.41) is 2.63. The molecule has 0 aliphatic carbocycles. The summed E-state index contributed by atoms with van der Waals surface area (Å²) in [4.78, 5) is 0. The average molecular weight is 248 g/mol. The molecular weight excluding hydrogens is 238 g/mol. The molecule has 1 aromatic rings. The van der Waals surface area contributed by atoms with Gasteiger partial charge in [0.1, 0.15) is 0 Å². The number of hydrogen-bond donors (Lipinski definition) is 2. The molecule has 1 rings (SSSR count). The highest BCUT2D eigenvalue weighted by atomic mass is 32.1. The van der Waals surface area contributed by atoms with E-state index in [4.69, 9.17) is 10.5 Å². The highest BCUT2D eigenvalue weighted by Crippen LogP contribution is 2.31. The molecule has 3 N–H and O–H groups in total. The van der Waals surface area contributed by atoms with Crippen molar-refractivity contribution in [1.82, 2.24) is 0 Å². The van der Waals surface area contributed by atoms with Gasteiger partial charge >= 0.3 is 6.61 Å². The first-order chi connectivity index (χ1) is 7.52. The smallest absolute Gasteiger partial charge is 0.387 e. The minimum Gasteiger partial charge on any atom is -0.493 e. The maximum absolute atomic E-state index is 12.1. The summed E-state index contributed by atoms with van der Waals surface area (Å²) in [6, 6.07) is 4.37. The molecule has 16 heavy (non-hydrogen) atoms. The van der Waals surface area contributed by atoms with Gasteiger partial charge in [0.25, 0.3) is 0 Å². The average Bonchev–Trinajstić information content (AvgIpc) is 2.16. The summed E-state index contributed by atoms with van der Waals surface area (Å²) in [5.41, 5.74) is 5.69. The van der Waals surface area contributed by atoms with Crippen molar-refractivity contribution in [3.8, 4) is 11.5 Å². The lowest BCUT2D eigenvalue weighted by molar-refractivity contribution is -0.0511. The van der Waals surface area contributed by atoms with Crippen LogP contribution in [-0.2, 0) is 0 Å². The first kappa shape index (κ1) is 12.4. The first-order valence-corrected chi connectivity index (χ1v) is 4.63. The first-order valence-electron chi connectivity index (χ1n) is 4.22. The number of benzene rings is 1. The highest BCUT2D eigenvalue weighted by Gasteiger charge is 2.11. The molecule has 0 saturated carbocycles. The number of anilines is 1. The third kappa shape index (κ3) is 3.50. The van der Waals surface area contributed by atoms with Crippen LogP contribution in [0.25, 0.3) is 0 Å². The zero-order valence-electron chi connectivity index (χ0n) is 8.37. The van der Waals surface area contributed by atoms with Crippen LogP contribution in [0.2, 0.25) is 0 Å². The van der Waals surface area contributed by atoms with Crippen LogP contribution in [0, 0.1) is 0 Å². The van der Waals surface area contributed by atoms with Gasteiger partial charge in [-0.1, -0.05) is 0 Å². The van der Waals surface area contributed by atoms with E-state index >= 15 is 0 Å². The second-order valence-corrected chi connectivity index (χ2v) is 3.17. The van der Waals surface area contributed by atoms with Crippen molar-refractivity contribution >= 4 is 23.0 Å². The summed E-state index contributed by atoms with van der Waals surface area (Å²) in [7, 11) is 1.36. The van der Waals surface area contributed by atoms with Gasteiger partial charge in [0.05, 0.1) is 7.11 Å². The fraction of sp³-hybridized carbons (Fsp3) is 0.222. The van der Waals surface area contributed by atoms with Crippen LogP contribution in [0.5, 0.6) is 11.5 Å². The Bertz CT molecular complexity index is 388. The van der Waals surface area contributed by atoms with Crippen molar-refractivity contribution in [1.29, 1.82) is 0 Å². The van der Waals surface area contributed by atoms with Gasteiger partial charge in [-0.2, -0.15) is 8.78 Å². The standard InChI is InChI=1S/C9H10F2N2O2S/c1-14-6-3-2-5(13-9(12)16)4-7(6)15-8(10)11/h2-4,8H,1H3,(H3,12,13,16). The van der Waals surface area contributed by atoms with E-state index in [1.165, 1.54) is 19.2 Å². The van der Waals surface area contributed by atoms with Gasteiger partial charge in [-0.05, 0) is 24.4 Å². The molecule has 0 amide bonds. The van der Waals surface area contributed by atoms with Crippen LogP contribution >= 0.6 is 12.2 Å². The molecule has 0 bridgehead atoms. The second-order valence-electron chi connectivity index (χ2n) is 2.73. The van der Waals surface area contributed by atoms with E-state index in [9.17, 15) is 8.78 Å². The summed E-state index contributed by atoms with van der Waals surface area (Å²) in [6.07, 6.45) is 0. The Kier molecular flexibility index (Phi) is 4.24. The van der Waals surface area contributed by atoms with Crippen molar-refractivity contribution < 1.29 is 18.3 Å². The lowest BCUT2D eigenvalue weighted by Gasteiger charge is -2.11. The van der Waals surface area contributed by atoms with Gasteiger partial charge < -0.3 is 20.5 Å². The second kappa shape index (κ2) is 5.45. The van der Waals surface area contributed by atoms with Crippen molar-refractivity contribution in [3.63, 3.8) is 0 Å². The molecule has 7 heteroatoms. The maximum atomic E-state index is 12.1. The van der Waals surface area contributed by atoms with Gasteiger partial charge in [-0.25, -0.2) is 0 Å². The number of nitrogens with one attached hydrogen (secondary N) is 1. The summed E-state index contributed by atoms with van der Waals surface area (Å²) < 4.78 is 33.3. The molecule has 0 unspecified atom stereocenters. The van der Waals surface area contributed by atoms with Crippen LogP contribution in [0.1, 0.15) is 0 Å². The van der Waals surface area contributed by atoms with Crippen LogP contribution in [-0.4, -0.2) is 18.8 Å². The number of ether oxygens (including phenoxy) is 2. The lowest BCUT2D eigenvalue weighted by Crippen LogP contribution is -2.18. The largest absolute Gasteiger partial charge is 0.493 e. The van der Waals surface area contributed by atoms with Crippen LogP contribution < -0.4 is 20.5 Å². The SMILES string of the molecule is COc1ccc(NC(N)=S)cc1OC(F)F. The van der Waals surface area contributed by atoms with Gasteiger partial charge in [0.15, 0.2) is 16.6 Å². The lowest BCUT2D eigenvalue weighted by atomic mass is 10.3. The molecule has 0 aliphatic heterocycles. The number of halogens is 2. The van der Waals surface area contributed by atoms with E-state index in [2.05, 4.69) is 22.3 Å². The molecule has 0 saturated heterocycles. The molecule has 0 heterocycles. The molecule has 1 aromatic carbocycles. The Balaban J connectivity index is 2.96. The Morgan fingerprint density at radius 2 is 2.12 bits per heavy atom. The molecule has 0 radical (unpaired) electrons. The molecule has 0 fully saturated rings. The molecular formula is C9H10F2N2O2S. The zero-order valence-corrected chi connectivity index (χ0v) is 9.18. The minimum absolute atomic E-state index is 0.0353. The van der Waals surface area contributed by atoms with Crippen LogP contribution in [0.4, 0.5) is 14.5 Å². The zero-order chi connectivity index (χ0) is 12.1. The normalized spacial score (nSPS) is 10.0. The predicted molar refractivity (Wildman–Crippen MR) is 60.0 cm³/mol. The monoisotopic (exact) mass is 248 g/mol. The Morgan fingerprint density at radius 3 is 2.62 bits per heavy atom. The number of thiocarbonyl (C=S) groups is 1. The summed E-state index contributed by atoms with van der Waals surface area (Å²) >= 11 is 4.62. The number of alkyl halides is 2. The van der Waals surface area contributed by atoms with E-state index < -0.39 is 6.61 Å². The van der Waals surface area contributed by atoms with E-state index in [0.29, 0.717) is 5.69 Å².